The molecule has 1 saturated heterocycles. The van der Waals surface area contributed by atoms with Crippen molar-refractivity contribution in [1.29, 1.82) is 0 Å². The largest absolute Gasteiger partial charge is 0.507 e. The van der Waals surface area contributed by atoms with E-state index in [2.05, 4.69) is 5.32 Å². The first kappa shape index (κ1) is 27.7. The van der Waals surface area contributed by atoms with Crippen molar-refractivity contribution in [2.45, 2.75) is 56.0 Å². The van der Waals surface area contributed by atoms with Crippen LogP contribution in [0.2, 0.25) is 0 Å². The number of halogens is 1. The van der Waals surface area contributed by atoms with E-state index in [-0.39, 0.29) is 42.5 Å². The van der Waals surface area contributed by atoms with Crippen molar-refractivity contribution in [2.75, 3.05) is 34.9 Å². The van der Waals surface area contributed by atoms with E-state index >= 15 is 0 Å². The van der Waals surface area contributed by atoms with Crippen LogP contribution in [0.1, 0.15) is 53.2 Å². The number of piperidine rings is 1. The number of hydrogen-bond acceptors (Lipinski definition) is 9. The molecule has 212 valence electrons. The second-order valence-electron chi connectivity index (χ2n) is 11.6. The highest BCUT2D eigenvalue weighted by molar-refractivity contribution is 6.18. The van der Waals surface area contributed by atoms with Crippen molar-refractivity contribution in [1.82, 2.24) is 10.2 Å². The number of alkyl halides is 1. The molecule has 8 unspecified atom stereocenters. The number of Topliss-reactive ketones (excluding diaryl/α,β-unsaturated/α-hetero) is 3. The lowest BCUT2D eigenvalue weighted by atomic mass is 9.52. The number of primary amides is 1. The molecule has 1 heterocycles. The second kappa shape index (κ2) is 9.94. The van der Waals surface area contributed by atoms with Gasteiger partial charge in [-0.2, -0.15) is 0 Å². The second-order valence-corrected chi connectivity index (χ2v) is 11.6. The maximum absolute atomic E-state index is 14.2. The van der Waals surface area contributed by atoms with E-state index in [0.29, 0.717) is 36.1 Å². The van der Waals surface area contributed by atoms with Crippen LogP contribution in [-0.2, 0) is 25.5 Å². The van der Waals surface area contributed by atoms with Crippen LogP contribution in [0.5, 0.6) is 11.5 Å². The molecule has 0 spiro atoms. The number of phenolic OH excluding ortho intramolecular Hbond substituents is 1. The van der Waals surface area contributed by atoms with Gasteiger partial charge in [-0.25, -0.2) is 4.39 Å². The number of nitrogens with zero attached hydrogens (tertiary/aromatic N) is 1. The van der Waals surface area contributed by atoms with E-state index in [4.69, 9.17) is 15.2 Å². The zero-order valence-electron chi connectivity index (χ0n) is 22.7. The standard InChI is InChI=1S/C28H36FN3O7/c1-32(2)22-17-8-12-7-15-21(19(33)9-14(25(15)38-3)18-6-5-13(29)11-31-18)24(35)20(12)26(36)28(17,39-4)10-16(23(22)34)27(30)37/h9,12-13,16-18,20,22,31,33H,5-8,10-11H2,1-4H3,(H2,30,37). The highest BCUT2D eigenvalue weighted by atomic mass is 19.1. The number of nitrogens with two attached hydrogens (primary N) is 1. The summed E-state index contributed by atoms with van der Waals surface area (Å²) in [6, 6.07) is 0.405. The predicted molar refractivity (Wildman–Crippen MR) is 137 cm³/mol. The molecule has 1 amide bonds. The van der Waals surface area contributed by atoms with Crippen LogP contribution in [-0.4, -0.2) is 85.9 Å². The number of ether oxygens (including phenoxy) is 2. The van der Waals surface area contributed by atoms with Gasteiger partial charge in [-0.05, 0) is 51.8 Å². The molecule has 3 aliphatic carbocycles. The number of fused-ring (bicyclic) bond motifs is 3. The Labute approximate surface area is 226 Å². The lowest BCUT2D eigenvalue weighted by Crippen LogP contribution is -2.70. The van der Waals surface area contributed by atoms with Gasteiger partial charge in [0.2, 0.25) is 5.91 Å². The SMILES string of the molecule is COc1c(C2CCC(F)CN2)cc(O)c2c1CC1CC3C(N(C)C)C(=O)C(C(N)=O)CC3(OC)C(=O)C1C2=O. The number of benzene rings is 1. The molecule has 5 rings (SSSR count). The van der Waals surface area contributed by atoms with Gasteiger partial charge in [0.1, 0.15) is 29.2 Å². The maximum Gasteiger partial charge on any atom is 0.228 e. The molecule has 4 aliphatic rings. The molecule has 2 saturated carbocycles. The first-order valence-corrected chi connectivity index (χ1v) is 13.4. The average molecular weight is 546 g/mol. The Bertz CT molecular complexity index is 1230. The number of aromatic hydroxyl groups is 1. The van der Waals surface area contributed by atoms with Gasteiger partial charge in [-0.1, -0.05) is 0 Å². The van der Waals surface area contributed by atoms with Crippen molar-refractivity contribution in [3.05, 3.63) is 22.8 Å². The van der Waals surface area contributed by atoms with Crippen LogP contribution in [0, 0.1) is 23.7 Å². The third-order valence-corrected chi connectivity index (χ3v) is 9.43. The Morgan fingerprint density at radius 3 is 2.51 bits per heavy atom. The van der Waals surface area contributed by atoms with Crippen LogP contribution in [0.15, 0.2) is 6.07 Å². The molecule has 8 atom stereocenters. The Kier molecular flexibility index (Phi) is 7.05. The summed E-state index contributed by atoms with van der Waals surface area (Å²) in [6.07, 6.45) is 0.280. The minimum absolute atomic E-state index is 0.0385. The summed E-state index contributed by atoms with van der Waals surface area (Å²) < 4.78 is 25.4. The lowest BCUT2D eigenvalue weighted by molar-refractivity contribution is -0.182. The summed E-state index contributed by atoms with van der Waals surface area (Å²) in [5, 5.41) is 14.2. The van der Waals surface area contributed by atoms with Gasteiger partial charge in [0.25, 0.3) is 0 Å². The van der Waals surface area contributed by atoms with Gasteiger partial charge in [0.15, 0.2) is 17.3 Å². The van der Waals surface area contributed by atoms with E-state index in [0.717, 1.165) is 0 Å². The number of amides is 1. The summed E-state index contributed by atoms with van der Waals surface area (Å²) in [7, 11) is 6.26. The number of carbonyl (C=O) groups is 4. The number of nitrogens with one attached hydrogen (secondary N) is 1. The highest BCUT2D eigenvalue weighted by Gasteiger charge is 2.65. The molecule has 3 fully saturated rings. The summed E-state index contributed by atoms with van der Waals surface area (Å²) in [5.41, 5.74) is 5.22. The summed E-state index contributed by atoms with van der Waals surface area (Å²) in [4.78, 5) is 55.5. The van der Waals surface area contributed by atoms with E-state index in [1.807, 2.05) is 0 Å². The number of phenols is 1. The number of rotatable bonds is 5. The van der Waals surface area contributed by atoms with E-state index in [1.54, 1.807) is 19.0 Å². The van der Waals surface area contributed by atoms with Crippen LogP contribution in [0.4, 0.5) is 4.39 Å². The van der Waals surface area contributed by atoms with Crippen molar-refractivity contribution >= 4 is 23.3 Å². The van der Waals surface area contributed by atoms with E-state index < -0.39 is 59.0 Å². The Morgan fingerprint density at radius 2 is 1.95 bits per heavy atom. The third kappa shape index (κ3) is 4.08. The monoisotopic (exact) mass is 545 g/mol. The number of ketones is 3. The first-order chi connectivity index (χ1) is 18.5. The van der Waals surface area contributed by atoms with Crippen LogP contribution in [0.25, 0.3) is 0 Å². The molecular weight excluding hydrogens is 509 g/mol. The van der Waals surface area contributed by atoms with Gasteiger partial charge in [0.05, 0.1) is 24.6 Å². The number of methoxy groups -OCH3 is 2. The minimum atomic E-state index is -1.55. The zero-order chi connectivity index (χ0) is 28.4. The Morgan fingerprint density at radius 1 is 1.23 bits per heavy atom. The van der Waals surface area contributed by atoms with Crippen LogP contribution >= 0.6 is 0 Å². The van der Waals surface area contributed by atoms with Gasteiger partial charge in [-0.3, -0.25) is 24.1 Å². The van der Waals surface area contributed by atoms with E-state index in [9.17, 15) is 28.7 Å². The lowest BCUT2D eigenvalue weighted by Gasteiger charge is -2.55. The molecule has 0 radical (unpaired) electrons. The minimum Gasteiger partial charge on any atom is -0.507 e. The average Bonchev–Trinajstić information content (AvgIpc) is 2.88. The predicted octanol–water partition coefficient (Wildman–Crippen LogP) is 1.11. The third-order valence-electron chi connectivity index (χ3n) is 9.43. The molecular formula is C28H36FN3O7. The maximum atomic E-state index is 14.2. The fourth-order valence-corrected chi connectivity index (χ4v) is 7.68. The van der Waals surface area contributed by atoms with Crippen LogP contribution < -0.4 is 15.8 Å². The van der Waals surface area contributed by atoms with E-state index in [1.165, 1.54) is 20.3 Å². The first-order valence-electron chi connectivity index (χ1n) is 13.4. The number of hydrogen-bond donors (Lipinski definition) is 3. The Hall–Kier alpha value is -2.89. The fraction of sp³-hybridized carbons (Fsp3) is 0.643. The molecule has 0 aromatic heterocycles. The highest BCUT2D eigenvalue weighted by Crippen LogP contribution is 2.54. The molecule has 39 heavy (non-hydrogen) atoms. The normalized spacial score (nSPS) is 36.3. The van der Waals surface area contributed by atoms with Gasteiger partial charge in [0, 0.05) is 43.2 Å². The van der Waals surface area contributed by atoms with Crippen molar-refractivity contribution < 1.29 is 38.1 Å². The summed E-state index contributed by atoms with van der Waals surface area (Å²) in [5.74, 6) is -5.42. The zero-order valence-corrected chi connectivity index (χ0v) is 22.7. The van der Waals surface area contributed by atoms with Gasteiger partial charge < -0.3 is 25.6 Å². The summed E-state index contributed by atoms with van der Waals surface area (Å²) in [6.45, 7) is 0.177. The smallest absolute Gasteiger partial charge is 0.228 e. The fourth-order valence-electron chi connectivity index (χ4n) is 7.68. The number of likely N-dealkylation sites (N-methyl/N-ethyl adjacent to an activating group) is 1. The van der Waals surface area contributed by atoms with Gasteiger partial charge in [-0.15, -0.1) is 0 Å². The summed E-state index contributed by atoms with van der Waals surface area (Å²) >= 11 is 0. The molecule has 10 nitrogen and oxygen atoms in total. The van der Waals surface area contributed by atoms with Crippen molar-refractivity contribution in [3.8, 4) is 11.5 Å². The molecule has 0 bridgehead atoms. The molecule has 1 aromatic rings. The quantitative estimate of drug-likeness (QED) is 0.463. The topological polar surface area (TPSA) is 148 Å². The number of carbonyl (C=O) groups excluding carboxylic acids is 4. The molecule has 1 aromatic carbocycles. The van der Waals surface area contributed by atoms with Crippen LogP contribution in [0.3, 0.4) is 0 Å². The Balaban J connectivity index is 1.60. The molecule has 11 heteroatoms. The van der Waals surface area contributed by atoms with Crippen molar-refractivity contribution in [3.63, 3.8) is 0 Å². The molecule has 1 aliphatic heterocycles. The molecule has 4 N–H and O–H groups in total. The van der Waals surface area contributed by atoms with Gasteiger partial charge >= 0.3 is 0 Å². The van der Waals surface area contributed by atoms with Crippen molar-refractivity contribution in [2.24, 2.45) is 29.4 Å².